The molecule has 170 valence electrons. The SMILES string of the molecule is COc1ccc(CN(C)Cc2ccc(F)cc2)cc1OC[C@@H](O)CN1CCN(C)CC1. The van der Waals surface area contributed by atoms with Crippen molar-refractivity contribution in [1.29, 1.82) is 0 Å². The third kappa shape index (κ3) is 7.47. The average Bonchev–Trinajstić information content (AvgIpc) is 2.75. The van der Waals surface area contributed by atoms with Gasteiger partial charge in [0.1, 0.15) is 18.5 Å². The van der Waals surface area contributed by atoms with Crippen LogP contribution in [0.15, 0.2) is 42.5 Å². The molecule has 0 unspecified atom stereocenters. The van der Waals surface area contributed by atoms with E-state index in [0.717, 1.165) is 37.3 Å². The Balaban J connectivity index is 1.53. The largest absolute Gasteiger partial charge is 0.493 e. The Hall–Kier alpha value is -2.19. The van der Waals surface area contributed by atoms with E-state index in [1.165, 1.54) is 12.1 Å². The highest BCUT2D eigenvalue weighted by atomic mass is 19.1. The Morgan fingerprint density at radius 1 is 1.00 bits per heavy atom. The minimum Gasteiger partial charge on any atom is -0.493 e. The van der Waals surface area contributed by atoms with E-state index >= 15 is 0 Å². The van der Waals surface area contributed by atoms with Gasteiger partial charge in [-0.15, -0.1) is 0 Å². The van der Waals surface area contributed by atoms with Gasteiger partial charge in [-0.2, -0.15) is 0 Å². The lowest BCUT2D eigenvalue weighted by atomic mass is 10.1. The van der Waals surface area contributed by atoms with Gasteiger partial charge >= 0.3 is 0 Å². The van der Waals surface area contributed by atoms with Crippen molar-refractivity contribution in [3.8, 4) is 11.5 Å². The van der Waals surface area contributed by atoms with E-state index in [9.17, 15) is 9.50 Å². The summed E-state index contributed by atoms with van der Waals surface area (Å²) in [6.07, 6.45) is -0.557. The number of methoxy groups -OCH3 is 1. The first-order valence-electron chi connectivity index (χ1n) is 10.7. The van der Waals surface area contributed by atoms with Gasteiger partial charge in [-0.25, -0.2) is 4.39 Å². The van der Waals surface area contributed by atoms with E-state index in [4.69, 9.17) is 9.47 Å². The molecule has 0 bridgehead atoms. The smallest absolute Gasteiger partial charge is 0.161 e. The van der Waals surface area contributed by atoms with Gasteiger partial charge in [0.05, 0.1) is 7.11 Å². The van der Waals surface area contributed by atoms with Gasteiger partial charge in [0.2, 0.25) is 0 Å². The highest BCUT2D eigenvalue weighted by Crippen LogP contribution is 2.29. The van der Waals surface area contributed by atoms with Crippen LogP contribution in [0.2, 0.25) is 0 Å². The molecule has 1 aliphatic heterocycles. The average molecular weight is 432 g/mol. The summed E-state index contributed by atoms with van der Waals surface area (Å²) in [4.78, 5) is 6.72. The predicted molar refractivity (Wildman–Crippen MR) is 120 cm³/mol. The van der Waals surface area contributed by atoms with E-state index in [2.05, 4.69) is 21.7 Å². The summed E-state index contributed by atoms with van der Waals surface area (Å²) in [5, 5.41) is 10.4. The van der Waals surface area contributed by atoms with Crippen molar-refractivity contribution in [3.63, 3.8) is 0 Å². The van der Waals surface area contributed by atoms with Crippen molar-refractivity contribution >= 4 is 0 Å². The lowest BCUT2D eigenvalue weighted by Crippen LogP contribution is -2.47. The second kappa shape index (κ2) is 11.4. The topological polar surface area (TPSA) is 48.4 Å². The lowest BCUT2D eigenvalue weighted by Gasteiger charge is -2.33. The molecular formula is C24H34FN3O3. The Morgan fingerprint density at radius 3 is 2.32 bits per heavy atom. The number of aliphatic hydroxyl groups is 1. The predicted octanol–water partition coefficient (Wildman–Crippen LogP) is 2.45. The Kier molecular flexibility index (Phi) is 8.66. The summed E-state index contributed by atoms with van der Waals surface area (Å²) < 4.78 is 24.5. The molecule has 1 fully saturated rings. The maximum Gasteiger partial charge on any atom is 0.161 e. The number of rotatable bonds is 10. The molecule has 2 aromatic rings. The van der Waals surface area contributed by atoms with Gasteiger partial charge in [-0.3, -0.25) is 9.80 Å². The normalized spacial score (nSPS) is 16.5. The molecule has 0 spiro atoms. The van der Waals surface area contributed by atoms with E-state index in [1.807, 2.05) is 25.2 Å². The lowest BCUT2D eigenvalue weighted by molar-refractivity contribution is 0.0497. The number of nitrogens with zero attached hydrogens (tertiary/aromatic N) is 3. The number of likely N-dealkylation sites (N-methyl/N-ethyl adjacent to an activating group) is 1. The molecule has 31 heavy (non-hydrogen) atoms. The molecule has 0 radical (unpaired) electrons. The molecule has 3 rings (SSSR count). The van der Waals surface area contributed by atoms with Crippen LogP contribution in [-0.4, -0.2) is 86.4 Å². The fourth-order valence-electron chi connectivity index (χ4n) is 3.77. The molecule has 1 heterocycles. The maximum absolute atomic E-state index is 13.1. The fourth-order valence-corrected chi connectivity index (χ4v) is 3.77. The minimum absolute atomic E-state index is 0.220. The van der Waals surface area contributed by atoms with E-state index in [1.54, 1.807) is 19.2 Å². The molecule has 0 aromatic heterocycles. The van der Waals surface area contributed by atoms with Crippen LogP contribution in [0.1, 0.15) is 11.1 Å². The number of piperazine rings is 1. The third-order valence-corrected chi connectivity index (χ3v) is 5.54. The zero-order chi connectivity index (χ0) is 22.2. The van der Waals surface area contributed by atoms with Crippen LogP contribution in [0.5, 0.6) is 11.5 Å². The quantitative estimate of drug-likeness (QED) is 0.624. The van der Waals surface area contributed by atoms with Crippen LogP contribution >= 0.6 is 0 Å². The van der Waals surface area contributed by atoms with Gasteiger partial charge in [-0.05, 0) is 49.5 Å². The van der Waals surface area contributed by atoms with Crippen molar-refractivity contribution in [2.24, 2.45) is 0 Å². The molecule has 1 saturated heterocycles. The fraction of sp³-hybridized carbons (Fsp3) is 0.500. The highest BCUT2D eigenvalue weighted by Gasteiger charge is 2.18. The summed E-state index contributed by atoms with van der Waals surface area (Å²) in [6.45, 7) is 6.23. The zero-order valence-electron chi connectivity index (χ0n) is 18.8. The molecule has 1 N–H and O–H groups in total. The number of halogens is 1. The molecule has 1 aliphatic rings. The van der Waals surface area contributed by atoms with Crippen molar-refractivity contribution in [2.75, 3.05) is 60.5 Å². The molecular weight excluding hydrogens is 397 g/mol. The molecule has 0 saturated carbocycles. The molecule has 2 aromatic carbocycles. The summed E-state index contributed by atoms with van der Waals surface area (Å²) in [6, 6.07) is 12.4. The number of aliphatic hydroxyl groups excluding tert-OH is 1. The van der Waals surface area contributed by atoms with Crippen molar-refractivity contribution in [2.45, 2.75) is 19.2 Å². The third-order valence-electron chi connectivity index (χ3n) is 5.54. The summed E-state index contributed by atoms with van der Waals surface area (Å²) in [7, 11) is 5.75. The van der Waals surface area contributed by atoms with Crippen LogP contribution in [-0.2, 0) is 13.1 Å². The van der Waals surface area contributed by atoms with Crippen LogP contribution in [0, 0.1) is 5.82 Å². The van der Waals surface area contributed by atoms with Gasteiger partial charge < -0.3 is 19.5 Å². The van der Waals surface area contributed by atoms with E-state index < -0.39 is 6.10 Å². The highest BCUT2D eigenvalue weighted by molar-refractivity contribution is 5.43. The first-order chi connectivity index (χ1) is 14.9. The van der Waals surface area contributed by atoms with E-state index in [-0.39, 0.29) is 12.4 Å². The zero-order valence-corrected chi connectivity index (χ0v) is 18.8. The van der Waals surface area contributed by atoms with Crippen molar-refractivity contribution in [3.05, 3.63) is 59.4 Å². The second-order valence-electron chi connectivity index (χ2n) is 8.35. The second-order valence-corrected chi connectivity index (χ2v) is 8.35. The number of ether oxygens (including phenoxy) is 2. The van der Waals surface area contributed by atoms with Gasteiger partial charge in [-0.1, -0.05) is 18.2 Å². The number of β-amino-alcohol motifs (C(OH)–C–C–N with tert-alkyl or cyclic N) is 1. The monoisotopic (exact) mass is 431 g/mol. The first-order valence-corrected chi connectivity index (χ1v) is 10.7. The number of hydrogen-bond acceptors (Lipinski definition) is 6. The van der Waals surface area contributed by atoms with Crippen molar-refractivity contribution < 1.29 is 19.0 Å². The Bertz CT molecular complexity index is 810. The maximum atomic E-state index is 13.1. The van der Waals surface area contributed by atoms with Crippen molar-refractivity contribution in [1.82, 2.24) is 14.7 Å². The van der Waals surface area contributed by atoms with Crippen LogP contribution in [0.3, 0.4) is 0 Å². The number of hydrogen-bond donors (Lipinski definition) is 1. The van der Waals surface area contributed by atoms with Crippen LogP contribution in [0.25, 0.3) is 0 Å². The minimum atomic E-state index is -0.557. The van der Waals surface area contributed by atoms with Gasteiger partial charge in [0, 0.05) is 45.8 Å². The number of benzene rings is 2. The van der Waals surface area contributed by atoms with Gasteiger partial charge in [0.15, 0.2) is 11.5 Å². The molecule has 0 amide bonds. The standard InChI is InChI=1S/C24H34FN3O3/c1-26-10-12-28(13-11-26)17-22(29)18-31-24-14-20(6-9-23(24)30-3)16-27(2)15-19-4-7-21(25)8-5-19/h4-9,14,22,29H,10-13,15-18H2,1-3H3/t22-/m0/s1. The Morgan fingerprint density at radius 2 is 1.65 bits per heavy atom. The summed E-state index contributed by atoms with van der Waals surface area (Å²) in [5.74, 6) is 1.06. The molecule has 0 aliphatic carbocycles. The first kappa shape index (κ1) is 23.5. The van der Waals surface area contributed by atoms with Crippen LogP contribution < -0.4 is 9.47 Å². The Labute approximate surface area is 184 Å². The summed E-state index contributed by atoms with van der Waals surface area (Å²) in [5.41, 5.74) is 2.13. The molecule has 6 nitrogen and oxygen atoms in total. The molecule has 1 atom stereocenters. The van der Waals surface area contributed by atoms with E-state index in [0.29, 0.717) is 31.1 Å². The molecule has 7 heteroatoms. The van der Waals surface area contributed by atoms with Gasteiger partial charge in [0.25, 0.3) is 0 Å². The van der Waals surface area contributed by atoms with Crippen LogP contribution in [0.4, 0.5) is 4.39 Å². The summed E-state index contributed by atoms with van der Waals surface area (Å²) >= 11 is 0.